The van der Waals surface area contributed by atoms with Gasteiger partial charge in [0.1, 0.15) is 21.9 Å². The molecule has 1 aromatic carbocycles. The minimum Gasteiger partial charge on any atom is -0.386 e. The molecule has 34 heavy (non-hydrogen) atoms. The van der Waals surface area contributed by atoms with Crippen molar-refractivity contribution in [1.82, 2.24) is 15.1 Å². The number of aliphatic imine (C=N–C) groups is 1. The van der Waals surface area contributed by atoms with E-state index in [1.165, 1.54) is 18.5 Å². The lowest BCUT2D eigenvalue weighted by molar-refractivity contribution is 0.434. The molecule has 1 fully saturated rings. The predicted molar refractivity (Wildman–Crippen MR) is 129 cm³/mol. The smallest absolute Gasteiger partial charge is 0.181 e. The van der Waals surface area contributed by atoms with Crippen molar-refractivity contribution in [2.24, 2.45) is 15.1 Å². The third-order valence-corrected chi connectivity index (χ3v) is 10.4. The summed E-state index contributed by atoms with van der Waals surface area (Å²) in [5.74, 6) is 0.686. The maximum Gasteiger partial charge on any atom is 0.181 e. The van der Waals surface area contributed by atoms with Gasteiger partial charge in [-0.1, -0.05) is 29.6 Å². The van der Waals surface area contributed by atoms with Gasteiger partial charge in [-0.3, -0.25) is 4.99 Å². The van der Waals surface area contributed by atoms with Crippen LogP contribution in [0.5, 0.6) is 0 Å². The zero-order valence-corrected chi connectivity index (χ0v) is 20.4. The summed E-state index contributed by atoms with van der Waals surface area (Å²) in [6.07, 6.45) is 6.15. The number of halogens is 2. The fourth-order valence-electron chi connectivity index (χ4n) is 5.03. The third kappa shape index (κ3) is 3.51. The van der Waals surface area contributed by atoms with Crippen LogP contribution in [-0.2, 0) is 15.3 Å². The van der Waals surface area contributed by atoms with E-state index >= 15 is 4.39 Å². The summed E-state index contributed by atoms with van der Waals surface area (Å²) >= 11 is 5.85. The summed E-state index contributed by atoms with van der Waals surface area (Å²) in [6.45, 7) is 1.75. The number of aromatic nitrogens is 3. The van der Waals surface area contributed by atoms with E-state index in [2.05, 4.69) is 19.5 Å². The molecule has 2 aliphatic rings. The zero-order valence-electron chi connectivity index (χ0n) is 18.8. The number of hydrogen-bond donors (Lipinski definition) is 1. The molecule has 5 rings (SSSR count). The van der Waals surface area contributed by atoms with Gasteiger partial charge in [-0.05, 0) is 38.0 Å². The Morgan fingerprint density at radius 2 is 1.91 bits per heavy atom. The van der Waals surface area contributed by atoms with Gasteiger partial charge >= 0.3 is 0 Å². The highest BCUT2D eigenvalue weighted by atomic mass is 35.5. The highest BCUT2D eigenvalue weighted by Crippen LogP contribution is 2.46. The molecular formula is C23H24ClFN6O2S. The molecule has 1 aliphatic carbocycles. The summed E-state index contributed by atoms with van der Waals surface area (Å²) in [7, 11) is -1.20. The molecule has 11 heteroatoms. The maximum atomic E-state index is 15.2. The van der Waals surface area contributed by atoms with Gasteiger partial charge in [0.15, 0.2) is 17.3 Å². The van der Waals surface area contributed by atoms with E-state index in [1.807, 2.05) is 0 Å². The topological polar surface area (TPSA) is 120 Å². The first-order valence-electron chi connectivity index (χ1n) is 10.9. The van der Waals surface area contributed by atoms with Crippen LogP contribution >= 0.6 is 11.6 Å². The van der Waals surface area contributed by atoms with Gasteiger partial charge in [-0.25, -0.2) is 22.9 Å². The first-order chi connectivity index (χ1) is 16.2. The standard InChI is InChI=1S/C23H24ClFN6O2S/c1-22(13-34(32,27-2)23(21(26)30-22)7-3-4-8-23)16-9-14(5-6-17(16)25)19-10-18(31-33-19)20-28-11-15(24)12-29-20/h5-6,9-12H,3-4,7-8,13H2,1-2H3,(H2,26,30)/t22-,34?/m0/s1. The maximum absolute atomic E-state index is 15.2. The molecule has 2 atom stereocenters. The molecule has 2 N–H and O–H groups in total. The first-order valence-corrected chi connectivity index (χ1v) is 13.0. The van der Waals surface area contributed by atoms with Crippen molar-refractivity contribution in [1.29, 1.82) is 0 Å². The van der Waals surface area contributed by atoms with Gasteiger partial charge in [0.25, 0.3) is 0 Å². The Morgan fingerprint density at radius 3 is 2.59 bits per heavy atom. The number of nitrogens with two attached hydrogens (primary N) is 1. The van der Waals surface area contributed by atoms with Crippen molar-refractivity contribution in [2.75, 3.05) is 12.8 Å². The number of benzene rings is 1. The van der Waals surface area contributed by atoms with Crippen molar-refractivity contribution in [3.63, 3.8) is 0 Å². The molecule has 2 aromatic heterocycles. The van der Waals surface area contributed by atoms with Crippen LogP contribution in [0.4, 0.5) is 4.39 Å². The van der Waals surface area contributed by atoms with Crippen LogP contribution in [-0.4, -0.2) is 42.7 Å². The van der Waals surface area contributed by atoms with Crippen LogP contribution < -0.4 is 5.73 Å². The molecule has 3 heterocycles. The van der Waals surface area contributed by atoms with E-state index in [1.54, 1.807) is 32.2 Å². The Bertz CT molecular complexity index is 1410. The fraction of sp³-hybridized carbons (Fsp3) is 0.391. The van der Waals surface area contributed by atoms with Gasteiger partial charge in [-0.15, -0.1) is 0 Å². The fourth-order valence-corrected chi connectivity index (χ4v) is 8.17. The largest absolute Gasteiger partial charge is 0.386 e. The third-order valence-electron chi connectivity index (χ3n) is 6.82. The van der Waals surface area contributed by atoms with E-state index in [0.717, 1.165) is 12.8 Å². The van der Waals surface area contributed by atoms with Gasteiger partial charge in [0.2, 0.25) is 0 Å². The lowest BCUT2D eigenvalue weighted by atomic mass is 9.91. The lowest BCUT2D eigenvalue weighted by Gasteiger charge is -2.42. The van der Waals surface area contributed by atoms with Crippen molar-refractivity contribution >= 4 is 27.2 Å². The molecule has 0 bridgehead atoms. The van der Waals surface area contributed by atoms with E-state index in [9.17, 15) is 4.21 Å². The molecule has 1 spiro atoms. The van der Waals surface area contributed by atoms with E-state index < -0.39 is 25.8 Å². The molecule has 0 saturated heterocycles. The second kappa shape index (κ2) is 8.13. The Labute approximate surface area is 202 Å². The quantitative estimate of drug-likeness (QED) is 0.559. The minimum absolute atomic E-state index is 0.0951. The predicted octanol–water partition coefficient (Wildman–Crippen LogP) is 4.59. The Kier molecular flexibility index (Phi) is 5.48. The average Bonchev–Trinajstić information content (AvgIpc) is 3.50. The summed E-state index contributed by atoms with van der Waals surface area (Å²) in [5, 5.41) is 4.43. The zero-order chi connectivity index (χ0) is 24.1. The molecule has 1 saturated carbocycles. The highest BCUT2D eigenvalue weighted by Gasteiger charge is 2.54. The lowest BCUT2D eigenvalue weighted by Crippen LogP contribution is -2.56. The second-order valence-corrected chi connectivity index (χ2v) is 12.1. The number of nitrogens with zero attached hydrogens (tertiary/aromatic N) is 5. The van der Waals surface area contributed by atoms with Crippen molar-refractivity contribution in [2.45, 2.75) is 42.9 Å². The first kappa shape index (κ1) is 22.9. The minimum atomic E-state index is -2.76. The molecule has 1 aliphatic heterocycles. The van der Waals surface area contributed by atoms with Gasteiger partial charge in [0.05, 0.1) is 20.5 Å². The van der Waals surface area contributed by atoms with Gasteiger partial charge in [-0.2, -0.15) is 0 Å². The molecule has 3 aromatic rings. The van der Waals surface area contributed by atoms with Crippen LogP contribution in [0.1, 0.15) is 38.2 Å². The Hall–Kier alpha value is -2.85. The van der Waals surface area contributed by atoms with Crippen molar-refractivity contribution in [3.8, 4) is 22.8 Å². The summed E-state index contributed by atoms with van der Waals surface area (Å²) in [5.41, 5.74) is 6.59. The molecule has 1 unspecified atom stereocenters. The molecular weight excluding hydrogens is 479 g/mol. The van der Waals surface area contributed by atoms with Crippen LogP contribution in [0.15, 0.2) is 50.5 Å². The van der Waals surface area contributed by atoms with E-state index in [4.69, 9.17) is 26.9 Å². The summed E-state index contributed by atoms with van der Waals surface area (Å²) in [4.78, 5) is 13.0. The normalized spacial score (nSPS) is 25.9. The average molecular weight is 503 g/mol. The SMILES string of the molecule is CN=S1(=O)C[C@@](C)(c2cc(-c3cc(-c4ncc(Cl)cn4)no3)ccc2F)N=C(N)C12CCCC2. The van der Waals surface area contributed by atoms with Gasteiger partial charge in [0, 0.05) is 36.6 Å². The highest BCUT2D eigenvalue weighted by molar-refractivity contribution is 7.95. The van der Waals surface area contributed by atoms with Crippen LogP contribution in [0.25, 0.3) is 22.8 Å². The van der Waals surface area contributed by atoms with E-state index in [0.29, 0.717) is 46.5 Å². The molecule has 0 radical (unpaired) electrons. The van der Waals surface area contributed by atoms with Crippen molar-refractivity contribution < 1.29 is 13.1 Å². The van der Waals surface area contributed by atoms with E-state index in [-0.39, 0.29) is 11.3 Å². The molecule has 0 amide bonds. The molecule has 8 nitrogen and oxygen atoms in total. The van der Waals surface area contributed by atoms with Gasteiger partial charge < -0.3 is 10.3 Å². The Morgan fingerprint density at radius 1 is 1.21 bits per heavy atom. The number of hydrogen-bond acceptors (Lipinski definition) is 8. The number of amidine groups is 1. The van der Waals surface area contributed by atoms with Crippen molar-refractivity contribution in [3.05, 3.63) is 53.1 Å². The van der Waals surface area contributed by atoms with Crippen LogP contribution in [0, 0.1) is 5.82 Å². The second-order valence-electron chi connectivity index (χ2n) is 8.94. The van der Waals surface area contributed by atoms with Crippen LogP contribution in [0.2, 0.25) is 5.02 Å². The Balaban J connectivity index is 1.57. The molecule has 178 valence electrons. The van der Waals surface area contributed by atoms with Crippen LogP contribution in [0.3, 0.4) is 0 Å². The monoisotopic (exact) mass is 502 g/mol. The number of rotatable bonds is 3. The summed E-state index contributed by atoms with van der Waals surface area (Å²) in [6, 6.07) is 6.24. The summed E-state index contributed by atoms with van der Waals surface area (Å²) < 4.78 is 38.3.